The normalized spacial score (nSPS) is 10.7. The van der Waals surface area contributed by atoms with Gasteiger partial charge in [-0.25, -0.2) is 14.2 Å². The number of hydrogen-bond donors (Lipinski definition) is 1. The van der Waals surface area contributed by atoms with Crippen LogP contribution in [0.5, 0.6) is 11.5 Å². The zero-order valence-electron chi connectivity index (χ0n) is 15.3. The number of hydrazone groups is 1. The molecule has 0 aliphatic carbocycles. The zero-order chi connectivity index (χ0) is 20.5. The van der Waals surface area contributed by atoms with Crippen molar-refractivity contribution in [1.82, 2.24) is 5.43 Å². The topological polar surface area (TPSA) is 59.9 Å². The first-order valence-electron chi connectivity index (χ1n) is 8.82. The van der Waals surface area contributed by atoms with Crippen molar-refractivity contribution in [2.24, 2.45) is 5.10 Å². The van der Waals surface area contributed by atoms with Gasteiger partial charge < -0.3 is 9.47 Å². The van der Waals surface area contributed by atoms with Crippen LogP contribution in [-0.2, 0) is 0 Å². The van der Waals surface area contributed by atoms with Crippen molar-refractivity contribution in [3.63, 3.8) is 0 Å². The number of nitrogens with zero attached hydrogens (tertiary/aromatic N) is 1. The molecule has 0 unspecified atom stereocenters. The molecule has 0 bridgehead atoms. The fourth-order valence-corrected chi connectivity index (χ4v) is 2.46. The van der Waals surface area contributed by atoms with Gasteiger partial charge in [0.05, 0.1) is 17.3 Å². The van der Waals surface area contributed by atoms with E-state index in [-0.39, 0.29) is 17.7 Å². The molecule has 5 nitrogen and oxygen atoms in total. The zero-order valence-corrected chi connectivity index (χ0v) is 15.3. The van der Waals surface area contributed by atoms with Crippen LogP contribution in [0.1, 0.15) is 15.9 Å². The average Bonchev–Trinajstić information content (AvgIpc) is 2.74. The second-order valence-electron chi connectivity index (χ2n) is 5.84. The summed E-state index contributed by atoms with van der Waals surface area (Å²) in [4.78, 5) is 12.4. The summed E-state index contributed by atoms with van der Waals surface area (Å²) in [6, 6.07) is 19.3. The number of carbonyl (C=O) groups is 1. The highest BCUT2D eigenvalue weighted by Gasteiger charge is 2.12. The van der Waals surface area contributed by atoms with Crippen LogP contribution in [-0.4, -0.2) is 25.3 Å². The van der Waals surface area contributed by atoms with E-state index in [9.17, 15) is 13.6 Å². The van der Waals surface area contributed by atoms with E-state index in [2.05, 4.69) is 10.5 Å². The Morgan fingerprint density at radius 2 is 1.52 bits per heavy atom. The molecular formula is C22H18F2N2O3. The van der Waals surface area contributed by atoms with Crippen molar-refractivity contribution < 1.29 is 23.0 Å². The summed E-state index contributed by atoms with van der Waals surface area (Å²) < 4.78 is 38.3. The van der Waals surface area contributed by atoms with Crippen molar-refractivity contribution in [3.05, 3.63) is 95.6 Å². The van der Waals surface area contributed by atoms with E-state index < -0.39 is 17.5 Å². The second kappa shape index (κ2) is 9.98. The molecule has 148 valence electrons. The summed E-state index contributed by atoms with van der Waals surface area (Å²) in [6.07, 6.45) is 0.916. The van der Waals surface area contributed by atoms with Crippen LogP contribution in [0.2, 0.25) is 0 Å². The summed E-state index contributed by atoms with van der Waals surface area (Å²) in [5, 5.41) is 3.63. The monoisotopic (exact) mass is 396 g/mol. The fourth-order valence-electron chi connectivity index (χ4n) is 2.46. The molecule has 29 heavy (non-hydrogen) atoms. The quantitative estimate of drug-likeness (QED) is 0.353. The van der Waals surface area contributed by atoms with Gasteiger partial charge >= 0.3 is 0 Å². The van der Waals surface area contributed by atoms with Crippen molar-refractivity contribution in [2.75, 3.05) is 13.2 Å². The summed E-state index contributed by atoms with van der Waals surface area (Å²) in [7, 11) is 0. The molecule has 3 aromatic rings. The third kappa shape index (κ3) is 5.62. The van der Waals surface area contributed by atoms with Gasteiger partial charge in [-0.3, -0.25) is 4.79 Å². The molecule has 0 radical (unpaired) electrons. The lowest BCUT2D eigenvalue weighted by atomic mass is 10.2. The van der Waals surface area contributed by atoms with E-state index in [1.54, 1.807) is 24.3 Å². The number of rotatable bonds is 8. The van der Waals surface area contributed by atoms with Crippen molar-refractivity contribution in [2.45, 2.75) is 0 Å². The van der Waals surface area contributed by atoms with Crippen LogP contribution < -0.4 is 14.9 Å². The Kier molecular flexibility index (Phi) is 6.89. The summed E-state index contributed by atoms with van der Waals surface area (Å²) in [6.45, 7) is 0.521. The number of para-hydroxylation sites is 2. The summed E-state index contributed by atoms with van der Waals surface area (Å²) in [5.41, 5.74) is 2.14. The van der Waals surface area contributed by atoms with Gasteiger partial charge in [-0.05, 0) is 36.4 Å². The molecule has 0 saturated heterocycles. The van der Waals surface area contributed by atoms with Crippen molar-refractivity contribution >= 4 is 12.1 Å². The molecule has 0 heterocycles. The van der Waals surface area contributed by atoms with Gasteiger partial charge in [0.15, 0.2) is 0 Å². The molecular weight excluding hydrogens is 378 g/mol. The highest BCUT2D eigenvalue weighted by molar-refractivity contribution is 5.97. The van der Waals surface area contributed by atoms with Gasteiger partial charge in [0.2, 0.25) is 0 Å². The molecule has 0 aromatic heterocycles. The third-order valence-corrected chi connectivity index (χ3v) is 3.84. The van der Waals surface area contributed by atoms with Crippen LogP contribution in [0.15, 0.2) is 77.9 Å². The summed E-state index contributed by atoms with van der Waals surface area (Å²) in [5.74, 6) is -1.06. The van der Waals surface area contributed by atoms with E-state index in [1.807, 2.05) is 30.3 Å². The van der Waals surface area contributed by atoms with Gasteiger partial charge in [0.25, 0.3) is 5.91 Å². The molecule has 0 aliphatic rings. The minimum atomic E-state index is -0.773. The number of benzene rings is 3. The van der Waals surface area contributed by atoms with E-state index in [4.69, 9.17) is 9.47 Å². The van der Waals surface area contributed by atoms with Gasteiger partial charge in [0.1, 0.15) is 36.3 Å². The third-order valence-electron chi connectivity index (χ3n) is 3.84. The Hall–Kier alpha value is -3.74. The van der Waals surface area contributed by atoms with Crippen LogP contribution in [0.25, 0.3) is 0 Å². The Morgan fingerprint density at radius 1 is 0.862 bits per heavy atom. The smallest absolute Gasteiger partial charge is 0.275 e. The molecule has 0 spiro atoms. The molecule has 3 rings (SSSR count). The van der Waals surface area contributed by atoms with E-state index in [0.29, 0.717) is 12.4 Å². The van der Waals surface area contributed by atoms with Crippen LogP contribution in [0.3, 0.4) is 0 Å². The molecule has 0 aliphatic heterocycles. The highest BCUT2D eigenvalue weighted by atomic mass is 19.1. The lowest BCUT2D eigenvalue weighted by molar-refractivity contribution is 0.0950. The summed E-state index contributed by atoms with van der Waals surface area (Å²) >= 11 is 0. The molecule has 7 heteroatoms. The molecule has 0 fully saturated rings. The maximum absolute atomic E-state index is 13.6. The largest absolute Gasteiger partial charge is 0.490 e. The number of halogens is 2. The molecule has 3 aromatic carbocycles. The average molecular weight is 396 g/mol. The lowest BCUT2D eigenvalue weighted by Crippen LogP contribution is -2.19. The van der Waals surface area contributed by atoms with E-state index in [0.717, 1.165) is 24.1 Å². The van der Waals surface area contributed by atoms with Crippen molar-refractivity contribution in [1.29, 1.82) is 0 Å². The highest BCUT2D eigenvalue weighted by Crippen LogP contribution is 2.18. The SMILES string of the molecule is O=C(N/N=C\c1c(F)cccc1F)c1ccccc1OCCOc1ccccc1. The Bertz CT molecular complexity index is 974. The molecule has 1 N–H and O–H groups in total. The van der Waals surface area contributed by atoms with E-state index >= 15 is 0 Å². The van der Waals surface area contributed by atoms with Gasteiger partial charge in [-0.15, -0.1) is 0 Å². The van der Waals surface area contributed by atoms with Crippen LogP contribution >= 0.6 is 0 Å². The standard InChI is InChI=1S/C22H18F2N2O3/c23-19-10-6-11-20(24)18(19)15-25-26-22(27)17-9-4-5-12-21(17)29-14-13-28-16-7-2-1-3-8-16/h1-12,15H,13-14H2,(H,26,27)/b25-15-. The van der Waals surface area contributed by atoms with Gasteiger partial charge in [0, 0.05) is 0 Å². The first-order chi connectivity index (χ1) is 14.1. The fraction of sp³-hybridized carbons (Fsp3) is 0.0909. The Morgan fingerprint density at radius 3 is 2.28 bits per heavy atom. The number of amides is 1. The number of ether oxygens (including phenoxy) is 2. The first kappa shape index (κ1) is 20.0. The number of carbonyl (C=O) groups excluding carboxylic acids is 1. The predicted molar refractivity (Wildman–Crippen MR) is 105 cm³/mol. The number of nitrogens with one attached hydrogen (secondary N) is 1. The molecule has 1 amide bonds. The van der Waals surface area contributed by atoms with Crippen LogP contribution in [0, 0.1) is 11.6 Å². The lowest BCUT2D eigenvalue weighted by Gasteiger charge is -2.11. The van der Waals surface area contributed by atoms with E-state index in [1.165, 1.54) is 6.07 Å². The van der Waals surface area contributed by atoms with Crippen molar-refractivity contribution in [3.8, 4) is 11.5 Å². The minimum absolute atomic E-state index is 0.225. The second-order valence-corrected chi connectivity index (χ2v) is 5.84. The first-order valence-corrected chi connectivity index (χ1v) is 8.82. The van der Waals surface area contributed by atoms with Gasteiger partial charge in [-0.2, -0.15) is 5.10 Å². The maximum atomic E-state index is 13.6. The molecule has 0 atom stereocenters. The van der Waals surface area contributed by atoms with Crippen LogP contribution in [0.4, 0.5) is 8.78 Å². The number of hydrogen-bond acceptors (Lipinski definition) is 4. The Balaban J connectivity index is 1.57. The minimum Gasteiger partial charge on any atom is -0.490 e. The predicted octanol–water partition coefficient (Wildman–Crippen LogP) is 4.19. The van der Waals surface area contributed by atoms with Gasteiger partial charge in [-0.1, -0.05) is 36.4 Å². The molecule has 0 saturated carbocycles. The Labute approximate surface area is 166 Å². The maximum Gasteiger partial charge on any atom is 0.275 e.